The molecule has 1 saturated heterocycles. The molecule has 3 atom stereocenters. The third kappa shape index (κ3) is 3.17. The first kappa shape index (κ1) is 15.5. The molecule has 2 aliphatic rings. The highest BCUT2D eigenvalue weighted by molar-refractivity contribution is 8.00. The highest BCUT2D eigenvalue weighted by Crippen LogP contribution is 2.43. The third-order valence-electron chi connectivity index (χ3n) is 4.00. The number of aryl methyl sites for hydroxylation is 1. The van der Waals surface area contributed by atoms with Crippen LogP contribution in [0.2, 0.25) is 0 Å². The molecule has 1 aromatic rings. The lowest BCUT2D eigenvalue weighted by Crippen LogP contribution is -2.41. The van der Waals surface area contributed by atoms with E-state index in [0.29, 0.717) is 11.2 Å². The second-order valence-corrected chi connectivity index (χ2v) is 8.32. The summed E-state index contributed by atoms with van der Waals surface area (Å²) < 4.78 is 5.53. The molecular weight excluding hydrogens is 294 g/mol. The maximum absolute atomic E-state index is 12.4. The molecule has 1 aromatic carbocycles. The lowest BCUT2D eigenvalue weighted by atomic mass is 10.1. The third-order valence-corrected chi connectivity index (χ3v) is 5.45. The summed E-state index contributed by atoms with van der Waals surface area (Å²) in [5, 5.41) is 0.398. The first-order valence-electron chi connectivity index (χ1n) is 7.75. The maximum Gasteiger partial charge on any atom is 0.410 e. The Morgan fingerprint density at radius 3 is 2.55 bits per heavy atom. The summed E-state index contributed by atoms with van der Waals surface area (Å²) in [4.78, 5) is 15.5. The standard InChI is InChI=1S/C18H23NO2S/c1-12-5-8-14(9-6-12)22-16-13-7-10-15(16)19(11-13)17(20)21-18(2,3)4/h5-10,13,15-16H,11H2,1-4H3. The van der Waals surface area contributed by atoms with Gasteiger partial charge in [-0.25, -0.2) is 4.79 Å². The first-order chi connectivity index (χ1) is 10.3. The van der Waals surface area contributed by atoms with E-state index in [4.69, 9.17) is 4.74 Å². The molecule has 2 bridgehead atoms. The van der Waals surface area contributed by atoms with E-state index < -0.39 is 5.60 Å². The molecule has 1 amide bonds. The van der Waals surface area contributed by atoms with Crippen molar-refractivity contribution in [3.05, 3.63) is 42.0 Å². The molecule has 0 radical (unpaired) electrons. The molecular formula is C18H23NO2S. The Bertz CT molecular complexity index is 588. The summed E-state index contributed by atoms with van der Waals surface area (Å²) in [6.07, 6.45) is 4.21. The number of ether oxygens (including phenoxy) is 1. The smallest absolute Gasteiger partial charge is 0.410 e. The Kier molecular flexibility index (Phi) is 3.98. The first-order valence-corrected chi connectivity index (χ1v) is 8.63. The monoisotopic (exact) mass is 317 g/mol. The molecule has 0 saturated carbocycles. The van der Waals surface area contributed by atoms with Crippen molar-refractivity contribution in [3.8, 4) is 0 Å². The van der Waals surface area contributed by atoms with Crippen molar-refractivity contribution < 1.29 is 9.53 Å². The van der Waals surface area contributed by atoms with Crippen molar-refractivity contribution in [3.63, 3.8) is 0 Å². The molecule has 118 valence electrons. The number of thioether (sulfide) groups is 1. The molecule has 22 heavy (non-hydrogen) atoms. The van der Waals surface area contributed by atoms with Crippen molar-refractivity contribution >= 4 is 17.9 Å². The Hall–Kier alpha value is -1.42. The fourth-order valence-electron chi connectivity index (χ4n) is 2.97. The number of fused-ring (bicyclic) bond motifs is 2. The molecule has 0 spiro atoms. The van der Waals surface area contributed by atoms with Gasteiger partial charge in [-0.15, -0.1) is 11.8 Å². The van der Waals surface area contributed by atoms with E-state index in [0.717, 1.165) is 6.54 Å². The summed E-state index contributed by atoms with van der Waals surface area (Å²) in [6.45, 7) is 8.59. The van der Waals surface area contributed by atoms with E-state index in [1.807, 2.05) is 37.4 Å². The molecule has 3 unspecified atom stereocenters. The van der Waals surface area contributed by atoms with Crippen LogP contribution in [0.5, 0.6) is 0 Å². The van der Waals surface area contributed by atoms with E-state index in [2.05, 4.69) is 43.3 Å². The van der Waals surface area contributed by atoms with Crippen LogP contribution in [0, 0.1) is 12.8 Å². The molecule has 3 nitrogen and oxygen atoms in total. The van der Waals surface area contributed by atoms with Crippen LogP contribution in [0.15, 0.2) is 41.3 Å². The number of benzene rings is 1. The molecule has 0 N–H and O–H groups in total. The van der Waals surface area contributed by atoms with E-state index in [1.165, 1.54) is 10.5 Å². The molecule has 1 heterocycles. The average molecular weight is 317 g/mol. The second-order valence-electron chi connectivity index (χ2n) is 7.07. The highest BCUT2D eigenvalue weighted by atomic mass is 32.2. The average Bonchev–Trinajstić information content (AvgIpc) is 2.97. The fraction of sp³-hybridized carbons (Fsp3) is 0.500. The van der Waals surface area contributed by atoms with Gasteiger partial charge in [0.25, 0.3) is 0 Å². The van der Waals surface area contributed by atoms with Gasteiger partial charge in [-0.05, 0) is 39.8 Å². The lowest BCUT2D eigenvalue weighted by Gasteiger charge is -2.28. The SMILES string of the molecule is Cc1ccc(SC2C3C=CC2N(C(=O)OC(C)(C)C)C3)cc1. The summed E-state index contributed by atoms with van der Waals surface area (Å²) in [5.74, 6) is 0.420. The molecule has 1 fully saturated rings. The van der Waals surface area contributed by atoms with Crippen molar-refractivity contribution in [2.45, 2.75) is 49.5 Å². The minimum Gasteiger partial charge on any atom is -0.444 e. The number of rotatable bonds is 2. The number of nitrogens with zero attached hydrogens (tertiary/aromatic N) is 1. The highest BCUT2D eigenvalue weighted by Gasteiger charge is 2.47. The number of hydrogen-bond donors (Lipinski definition) is 0. The van der Waals surface area contributed by atoms with Crippen LogP contribution in [0.3, 0.4) is 0 Å². The van der Waals surface area contributed by atoms with Crippen LogP contribution in [-0.2, 0) is 4.74 Å². The van der Waals surface area contributed by atoms with Gasteiger partial charge in [0.05, 0.1) is 6.04 Å². The van der Waals surface area contributed by atoms with Gasteiger partial charge < -0.3 is 4.74 Å². The van der Waals surface area contributed by atoms with Crippen LogP contribution < -0.4 is 0 Å². The van der Waals surface area contributed by atoms with Gasteiger partial charge in [0.2, 0.25) is 0 Å². The molecule has 1 aliphatic carbocycles. The second kappa shape index (κ2) is 5.65. The Morgan fingerprint density at radius 2 is 1.91 bits per heavy atom. The Morgan fingerprint density at radius 1 is 1.23 bits per heavy atom. The van der Waals surface area contributed by atoms with Crippen LogP contribution >= 0.6 is 11.8 Å². The van der Waals surface area contributed by atoms with E-state index >= 15 is 0 Å². The van der Waals surface area contributed by atoms with Gasteiger partial charge in [0, 0.05) is 22.6 Å². The summed E-state index contributed by atoms with van der Waals surface area (Å²) in [7, 11) is 0. The fourth-order valence-corrected chi connectivity index (χ4v) is 4.31. The minimum absolute atomic E-state index is 0.145. The predicted molar refractivity (Wildman–Crippen MR) is 90.2 cm³/mol. The topological polar surface area (TPSA) is 29.5 Å². The normalized spacial score (nSPS) is 26.5. The predicted octanol–water partition coefficient (Wildman–Crippen LogP) is 4.26. The summed E-state index contributed by atoms with van der Waals surface area (Å²) in [6, 6.07) is 8.74. The number of amides is 1. The zero-order valence-corrected chi connectivity index (χ0v) is 14.4. The van der Waals surface area contributed by atoms with Gasteiger partial charge in [0.1, 0.15) is 5.60 Å². The van der Waals surface area contributed by atoms with Crippen molar-refractivity contribution in [1.29, 1.82) is 0 Å². The summed E-state index contributed by atoms with van der Waals surface area (Å²) >= 11 is 1.87. The van der Waals surface area contributed by atoms with Crippen molar-refractivity contribution in [2.75, 3.05) is 6.54 Å². The van der Waals surface area contributed by atoms with E-state index in [1.54, 1.807) is 0 Å². The zero-order chi connectivity index (χ0) is 15.9. The molecule has 3 rings (SSSR count). The van der Waals surface area contributed by atoms with Crippen LogP contribution in [-0.4, -0.2) is 34.4 Å². The Balaban J connectivity index is 1.69. The number of likely N-dealkylation sites (tertiary alicyclic amines) is 1. The van der Waals surface area contributed by atoms with Crippen molar-refractivity contribution in [2.24, 2.45) is 5.92 Å². The summed E-state index contributed by atoms with van der Waals surface area (Å²) in [5.41, 5.74) is 0.828. The maximum atomic E-state index is 12.4. The van der Waals surface area contributed by atoms with Gasteiger partial charge >= 0.3 is 6.09 Å². The lowest BCUT2D eigenvalue weighted by molar-refractivity contribution is 0.0248. The van der Waals surface area contributed by atoms with Crippen LogP contribution in [0.1, 0.15) is 26.3 Å². The van der Waals surface area contributed by atoms with Gasteiger partial charge in [-0.2, -0.15) is 0 Å². The number of hydrogen-bond acceptors (Lipinski definition) is 3. The van der Waals surface area contributed by atoms with Crippen LogP contribution in [0.25, 0.3) is 0 Å². The molecule has 1 aliphatic heterocycles. The van der Waals surface area contributed by atoms with E-state index in [9.17, 15) is 4.79 Å². The zero-order valence-electron chi connectivity index (χ0n) is 13.6. The number of carbonyl (C=O) groups excluding carboxylic acids is 1. The van der Waals surface area contributed by atoms with Gasteiger partial charge in [0.15, 0.2) is 0 Å². The van der Waals surface area contributed by atoms with Gasteiger partial charge in [-0.1, -0.05) is 29.8 Å². The van der Waals surface area contributed by atoms with Crippen molar-refractivity contribution in [1.82, 2.24) is 4.90 Å². The van der Waals surface area contributed by atoms with Crippen LogP contribution in [0.4, 0.5) is 4.79 Å². The minimum atomic E-state index is -0.442. The molecule has 0 aromatic heterocycles. The molecule has 4 heteroatoms. The van der Waals surface area contributed by atoms with E-state index in [-0.39, 0.29) is 12.1 Å². The number of carbonyl (C=O) groups is 1. The Labute approximate surface area is 136 Å². The quantitative estimate of drug-likeness (QED) is 0.763. The van der Waals surface area contributed by atoms with Gasteiger partial charge in [-0.3, -0.25) is 4.90 Å². The largest absolute Gasteiger partial charge is 0.444 e.